The molecule has 108 valence electrons. The highest BCUT2D eigenvalue weighted by Crippen LogP contribution is 2.12. The van der Waals surface area contributed by atoms with Crippen LogP contribution < -0.4 is 15.4 Å². The number of anilines is 2. The van der Waals surface area contributed by atoms with E-state index in [1.165, 1.54) is 0 Å². The van der Waals surface area contributed by atoms with E-state index in [4.69, 9.17) is 9.84 Å². The summed E-state index contributed by atoms with van der Waals surface area (Å²) in [6, 6.07) is 0.396. The summed E-state index contributed by atoms with van der Waals surface area (Å²) in [6.45, 7) is 7.37. The summed E-state index contributed by atoms with van der Waals surface area (Å²) in [5.74, 6) is 0.945. The van der Waals surface area contributed by atoms with Crippen LogP contribution in [0.1, 0.15) is 33.6 Å². The van der Waals surface area contributed by atoms with E-state index in [1.54, 1.807) is 0 Å². The highest BCUT2D eigenvalue weighted by Gasteiger charge is 2.09. The van der Waals surface area contributed by atoms with Crippen LogP contribution in [0.3, 0.4) is 0 Å². The van der Waals surface area contributed by atoms with Gasteiger partial charge in [0.2, 0.25) is 11.9 Å². The van der Waals surface area contributed by atoms with Gasteiger partial charge in [-0.25, -0.2) is 0 Å². The first-order chi connectivity index (χ1) is 9.19. The van der Waals surface area contributed by atoms with Gasteiger partial charge in [0.15, 0.2) is 0 Å². The highest BCUT2D eigenvalue weighted by molar-refractivity contribution is 5.36. The second-order valence-corrected chi connectivity index (χ2v) is 4.20. The van der Waals surface area contributed by atoms with Gasteiger partial charge in [0.1, 0.15) is 0 Å². The monoisotopic (exact) mass is 269 g/mol. The Kier molecular flexibility index (Phi) is 6.88. The third-order valence-corrected chi connectivity index (χ3v) is 2.32. The molecule has 1 atom stereocenters. The molecular weight excluding hydrogens is 246 g/mol. The van der Waals surface area contributed by atoms with E-state index >= 15 is 0 Å². The Hall–Kier alpha value is -1.63. The fourth-order valence-corrected chi connectivity index (χ4v) is 1.40. The SMILES string of the molecule is CCCOc1nc(NCC)nc(NC(C)CCO)n1. The van der Waals surface area contributed by atoms with E-state index < -0.39 is 0 Å². The smallest absolute Gasteiger partial charge is 0.323 e. The number of hydrogen-bond donors (Lipinski definition) is 3. The largest absolute Gasteiger partial charge is 0.463 e. The zero-order valence-corrected chi connectivity index (χ0v) is 11.8. The van der Waals surface area contributed by atoms with Crippen LogP contribution in [0.5, 0.6) is 6.01 Å². The molecule has 0 aliphatic heterocycles. The van der Waals surface area contributed by atoms with Crippen LogP contribution >= 0.6 is 0 Å². The number of aliphatic hydroxyl groups excluding tert-OH is 1. The summed E-state index contributed by atoms with van der Waals surface area (Å²) in [5, 5.41) is 15.0. The Balaban J connectivity index is 2.79. The molecule has 0 spiro atoms. The van der Waals surface area contributed by atoms with E-state index in [0.717, 1.165) is 13.0 Å². The number of hydrogen-bond acceptors (Lipinski definition) is 7. The van der Waals surface area contributed by atoms with Crippen molar-refractivity contribution in [1.82, 2.24) is 15.0 Å². The number of rotatable bonds is 9. The van der Waals surface area contributed by atoms with E-state index in [9.17, 15) is 0 Å². The standard InChI is InChI=1S/C12H23N5O2/c1-4-8-19-12-16-10(13-5-2)15-11(17-12)14-9(3)6-7-18/h9,18H,4-8H2,1-3H3,(H2,13,14,15,16,17). The Bertz CT molecular complexity index is 375. The van der Waals surface area contributed by atoms with Crippen molar-refractivity contribution in [2.75, 3.05) is 30.4 Å². The van der Waals surface area contributed by atoms with Gasteiger partial charge in [-0.15, -0.1) is 0 Å². The minimum absolute atomic E-state index is 0.0842. The molecule has 0 aromatic carbocycles. The van der Waals surface area contributed by atoms with Crippen LogP contribution in [-0.2, 0) is 0 Å². The molecule has 1 unspecified atom stereocenters. The zero-order chi connectivity index (χ0) is 14.1. The highest BCUT2D eigenvalue weighted by atomic mass is 16.5. The predicted octanol–water partition coefficient (Wildman–Crippen LogP) is 1.27. The quantitative estimate of drug-likeness (QED) is 0.621. The van der Waals surface area contributed by atoms with E-state index in [2.05, 4.69) is 25.6 Å². The molecular formula is C12H23N5O2. The molecule has 0 radical (unpaired) electrons. The van der Waals surface area contributed by atoms with Crippen LogP contribution in [0.4, 0.5) is 11.9 Å². The third-order valence-electron chi connectivity index (χ3n) is 2.32. The predicted molar refractivity (Wildman–Crippen MR) is 74.6 cm³/mol. The normalized spacial score (nSPS) is 12.0. The van der Waals surface area contributed by atoms with Crippen molar-refractivity contribution in [3.05, 3.63) is 0 Å². The number of nitrogens with zero attached hydrogens (tertiary/aromatic N) is 3. The van der Waals surface area contributed by atoms with Gasteiger partial charge in [-0.1, -0.05) is 6.92 Å². The van der Waals surface area contributed by atoms with Crippen LogP contribution in [0, 0.1) is 0 Å². The summed E-state index contributed by atoms with van der Waals surface area (Å²) < 4.78 is 5.43. The molecule has 1 aromatic rings. The van der Waals surface area contributed by atoms with Gasteiger partial charge in [-0.05, 0) is 26.7 Å². The van der Waals surface area contributed by atoms with Crippen molar-refractivity contribution in [2.45, 2.75) is 39.7 Å². The van der Waals surface area contributed by atoms with Crippen molar-refractivity contribution in [3.8, 4) is 6.01 Å². The maximum atomic E-state index is 8.89. The molecule has 7 nitrogen and oxygen atoms in total. The molecule has 0 amide bonds. The maximum Gasteiger partial charge on any atom is 0.323 e. The topological polar surface area (TPSA) is 92.2 Å². The average Bonchev–Trinajstić information content (AvgIpc) is 2.36. The van der Waals surface area contributed by atoms with Crippen LogP contribution in [0.2, 0.25) is 0 Å². The Morgan fingerprint density at radius 3 is 2.58 bits per heavy atom. The minimum atomic E-state index is 0.0842. The van der Waals surface area contributed by atoms with E-state index in [1.807, 2.05) is 20.8 Å². The number of aromatic nitrogens is 3. The molecule has 0 fully saturated rings. The summed E-state index contributed by atoms with van der Waals surface area (Å²) in [6.07, 6.45) is 1.53. The molecule has 3 N–H and O–H groups in total. The molecule has 7 heteroatoms. The van der Waals surface area contributed by atoms with Crippen molar-refractivity contribution in [2.24, 2.45) is 0 Å². The molecule has 1 heterocycles. The third kappa shape index (κ3) is 5.69. The van der Waals surface area contributed by atoms with Gasteiger partial charge >= 0.3 is 6.01 Å². The van der Waals surface area contributed by atoms with Crippen LogP contribution in [0.15, 0.2) is 0 Å². The molecule has 0 saturated carbocycles. The van der Waals surface area contributed by atoms with Gasteiger partial charge in [0.05, 0.1) is 6.61 Å². The number of aliphatic hydroxyl groups is 1. The van der Waals surface area contributed by atoms with Gasteiger partial charge in [0, 0.05) is 19.2 Å². The second-order valence-electron chi connectivity index (χ2n) is 4.20. The van der Waals surface area contributed by atoms with E-state index in [0.29, 0.717) is 30.9 Å². The van der Waals surface area contributed by atoms with Gasteiger partial charge < -0.3 is 20.5 Å². The number of ether oxygens (including phenoxy) is 1. The van der Waals surface area contributed by atoms with Gasteiger partial charge in [-0.3, -0.25) is 0 Å². The van der Waals surface area contributed by atoms with Gasteiger partial charge in [0.25, 0.3) is 0 Å². The molecule has 1 rings (SSSR count). The van der Waals surface area contributed by atoms with Crippen molar-refractivity contribution in [1.29, 1.82) is 0 Å². The van der Waals surface area contributed by atoms with Gasteiger partial charge in [-0.2, -0.15) is 15.0 Å². The lowest BCUT2D eigenvalue weighted by molar-refractivity contribution is 0.281. The first-order valence-corrected chi connectivity index (χ1v) is 6.69. The molecule has 0 aliphatic rings. The van der Waals surface area contributed by atoms with Crippen molar-refractivity contribution in [3.63, 3.8) is 0 Å². The lowest BCUT2D eigenvalue weighted by atomic mass is 10.2. The second kappa shape index (κ2) is 8.47. The summed E-state index contributed by atoms with van der Waals surface area (Å²) in [5.41, 5.74) is 0. The number of nitrogens with one attached hydrogen (secondary N) is 2. The summed E-state index contributed by atoms with van der Waals surface area (Å²) in [7, 11) is 0. The Morgan fingerprint density at radius 2 is 1.95 bits per heavy atom. The van der Waals surface area contributed by atoms with Crippen LogP contribution in [0.25, 0.3) is 0 Å². The van der Waals surface area contributed by atoms with Crippen molar-refractivity contribution >= 4 is 11.9 Å². The first-order valence-electron chi connectivity index (χ1n) is 6.69. The Morgan fingerprint density at radius 1 is 1.21 bits per heavy atom. The maximum absolute atomic E-state index is 8.89. The zero-order valence-electron chi connectivity index (χ0n) is 11.8. The molecule has 0 aliphatic carbocycles. The average molecular weight is 269 g/mol. The van der Waals surface area contributed by atoms with Crippen LogP contribution in [-0.4, -0.2) is 45.9 Å². The Labute approximate surface area is 113 Å². The van der Waals surface area contributed by atoms with E-state index in [-0.39, 0.29) is 12.6 Å². The molecule has 0 bridgehead atoms. The first kappa shape index (κ1) is 15.4. The lowest BCUT2D eigenvalue weighted by Crippen LogP contribution is -2.19. The van der Waals surface area contributed by atoms with Crippen molar-refractivity contribution < 1.29 is 9.84 Å². The minimum Gasteiger partial charge on any atom is -0.463 e. The lowest BCUT2D eigenvalue weighted by Gasteiger charge is -2.14. The molecule has 19 heavy (non-hydrogen) atoms. The summed E-state index contributed by atoms with van der Waals surface area (Å²) in [4.78, 5) is 12.6. The fraction of sp³-hybridized carbons (Fsp3) is 0.750. The molecule has 0 saturated heterocycles. The molecule has 1 aromatic heterocycles. The summed E-state index contributed by atoms with van der Waals surface area (Å²) >= 11 is 0. The fourth-order valence-electron chi connectivity index (χ4n) is 1.40.